The second kappa shape index (κ2) is 7.72. The zero-order valence-corrected chi connectivity index (χ0v) is 13.9. The van der Waals surface area contributed by atoms with Gasteiger partial charge in [0, 0.05) is 31.0 Å². The Morgan fingerprint density at radius 1 is 1.13 bits per heavy atom. The Labute approximate surface area is 136 Å². The van der Waals surface area contributed by atoms with Gasteiger partial charge in [0.15, 0.2) is 5.78 Å². The molecule has 0 bridgehead atoms. The number of anilines is 1. The molecule has 0 fully saturated rings. The van der Waals surface area contributed by atoms with Gasteiger partial charge in [-0.2, -0.15) is 5.10 Å². The molecule has 23 heavy (non-hydrogen) atoms. The van der Waals surface area contributed by atoms with E-state index in [0.717, 1.165) is 12.1 Å². The Bertz CT molecular complexity index is 672. The van der Waals surface area contributed by atoms with Gasteiger partial charge in [-0.15, -0.1) is 0 Å². The molecule has 0 saturated carbocycles. The largest absolute Gasteiger partial charge is 0.311 e. The fourth-order valence-corrected chi connectivity index (χ4v) is 2.25. The van der Waals surface area contributed by atoms with Crippen LogP contribution in [0.3, 0.4) is 0 Å². The van der Waals surface area contributed by atoms with Crippen LogP contribution in [-0.4, -0.2) is 21.5 Å². The second-order valence-corrected chi connectivity index (χ2v) is 6.13. The van der Waals surface area contributed by atoms with Crippen molar-refractivity contribution in [2.45, 2.75) is 40.2 Å². The van der Waals surface area contributed by atoms with E-state index in [1.54, 1.807) is 29.1 Å². The highest BCUT2D eigenvalue weighted by atomic mass is 16.2. The predicted molar refractivity (Wildman–Crippen MR) is 90.4 cm³/mol. The molecule has 0 spiro atoms. The molecule has 2 aromatic rings. The van der Waals surface area contributed by atoms with Gasteiger partial charge in [-0.25, -0.2) is 4.68 Å². The van der Waals surface area contributed by atoms with E-state index in [1.165, 1.54) is 0 Å². The van der Waals surface area contributed by atoms with Crippen LogP contribution in [0.2, 0.25) is 0 Å². The van der Waals surface area contributed by atoms with Crippen molar-refractivity contribution in [2.24, 2.45) is 5.92 Å². The Morgan fingerprint density at radius 3 is 2.48 bits per heavy atom. The first kappa shape index (κ1) is 16.9. The summed E-state index contributed by atoms with van der Waals surface area (Å²) in [6, 6.07) is 9.16. The van der Waals surface area contributed by atoms with Crippen molar-refractivity contribution in [1.29, 1.82) is 0 Å². The summed E-state index contributed by atoms with van der Waals surface area (Å²) in [5, 5.41) is 7.02. The SMILES string of the molecule is Cc1ccc(C(=O)CCC(=O)Nc2ccnn2CC(C)C)cc1. The maximum absolute atomic E-state index is 12.1. The van der Waals surface area contributed by atoms with Crippen LogP contribution in [0.4, 0.5) is 5.82 Å². The maximum atomic E-state index is 12.1. The van der Waals surface area contributed by atoms with Gasteiger partial charge in [-0.05, 0) is 12.8 Å². The zero-order chi connectivity index (χ0) is 16.8. The van der Waals surface area contributed by atoms with Crippen molar-refractivity contribution >= 4 is 17.5 Å². The average Bonchev–Trinajstić information content (AvgIpc) is 2.91. The fraction of sp³-hybridized carbons (Fsp3) is 0.389. The molecular formula is C18H23N3O2. The molecule has 0 aliphatic carbocycles. The zero-order valence-electron chi connectivity index (χ0n) is 13.9. The number of nitrogens with one attached hydrogen (secondary N) is 1. The molecule has 0 aliphatic rings. The molecule has 1 N–H and O–H groups in total. The number of hydrogen-bond acceptors (Lipinski definition) is 3. The number of aromatic nitrogens is 2. The number of rotatable bonds is 7. The van der Waals surface area contributed by atoms with Gasteiger partial charge in [-0.3, -0.25) is 9.59 Å². The van der Waals surface area contributed by atoms with Crippen molar-refractivity contribution in [3.63, 3.8) is 0 Å². The van der Waals surface area contributed by atoms with Crippen molar-refractivity contribution in [2.75, 3.05) is 5.32 Å². The summed E-state index contributed by atoms with van der Waals surface area (Å²) in [6.07, 6.45) is 2.03. The molecule has 1 heterocycles. The fourth-order valence-electron chi connectivity index (χ4n) is 2.25. The first-order valence-electron chi connectivity index (χ1n) is 7.87. The van der Waals surface area contributed by atoms with E-state index in [2.05, 4.69) is 24.3 Å². The summed E-state index contributed by atoms with van der Waals surface area (Å²) < 4.78 is 1.77. The standard InChI is InChI=1S/C18H23N3O2/c1-13(2)12-21-17(10-11-19-21)20-18(23)9-8-16(22)15-6-4-14(3)5-7-15/h4-7,10-11,13H,8-9,12H2,1-3H3,(H,20,23). The summed E-state index contributed by atoms with van der Waals surface area (Å²) in [7, 11) is 0. The monoisotopic (exact) mass is 313 g/mol. The lowest BCUT2D eigenvalue weighted by atomic mass is 10.1. The molecule has 0 saturated heterocycles. The average molecular weight is 313 g/mol. The molecule has 5 nitrogen and oxygen atoms in total. The maximum Gasteiger partial charge on any atom is 0.225 e. The quantitative estimate of drug-likeness (QED) is 0.796. The van der Waals surface area contributed by atoms with E-state index in [9.17, 15) is 9.59 Å². The number of carbonyl (C=O) groups excluding carboxylic acids is 2. The van der Waals surface area contributed by atoms with Crippen LogP contribution in [0.25, 0.3) is 0 Å². The minimum atomic E-state index is -0.170. The third-order valence-corrected chi connectivity index (χ3v) is 3.47. The minimum absolute atomic E-state index is 0.0177. The van der Waals surface area contributed by atoms with Crippen LogP contribution in [-0.2, 0) is 11.3 Å². The molecule has 0 unspecified atom stereocenters. The van der Waals surface area contributed by atoms with Gasteiger partial charge in [0.05, 0.1) is 6.20 Å². The molecule has 122 valence electrons. The van der Waals surface area contributed by atoms with E-state index in [0.29, 0.717) is 17.3 Å². The van der Waals surface area contributed by atoms with Gasteiger partial charge in [0.2, 0.25) is 5.91 Å². The topological polar surface area (TPSA) is 64.0 Å². The Morgan fingerprint density at radius 2 is 1.83 bits per heavy atom. The number of amides is 1. The summed E-state index contributed by atoms with van der Waals surface area (Å²) in [5.41, 5.74) is 1.76. The molecule has 0 atom stereocenters. The van der Waals surface area contributed by atoms with Gasteiger partial charge in [0.25, 0.3) is 0 Å². The number of aryl methyl sites for hydroxylation is 1. The summed E-state index contributed by atoms with van der Waals surface area (Å²) in [5.74, 6) is 0.923. The van der Waals surface area contributed by atoms with Crippen LogP contribution in [0.1, 0.15) is 42.6 Å². The number of hydrogen-bond donors (Lipinski definition) is 1. The Hall–Kier alpha value is -2.43. The molecule has 1 amide bonds. The molecule has 1 aromatic heterocycles. The lowest BCUT2D eigenvalue weighted by molar-refractivity contribution is -0.116. The van der Waals surface area contributed by atoms with E-state index in [4.69, 9.17) is 0 Å². The third kappa shape index (κ3) is 5.06. The van der Waals surface area contributed by atoms with Crippen LogP contribution in [0.15, 0.2) is 36.5 Å². The number of ketones is 1. The van der Waals surface area contributed by atoms with E-state index < -0.39 is 0 Å². The lowest BCUT2D eigenvalue weighted by Gasteiger charge is -2.10. The molecule has 0 aliphatic heterocycles. The van der Waals surface area contributed by atoms with Crippen molar-refractivity contribution in [3.05, 3.63) is 47.7 Å². The second-order valence-electron chi connectivity index (χ2n) is 6.13. The lowest BCUT2D eigenvalue weighted by Crippen LogP contribution is -2.18. The van der Waals surface area contributed by atoms with Crippen molar-refractivity contribution in [3.8, 4) is 0 Å². The third-order valence-electron chi connectivity index (χ3n) is 3.47. The van der Waals surface area contributed by atoms with Crippen LogP contribution >= 0.6 is 0 Å². The van der Waals surface area contributed by atoms with Crippen molar-refractivity contribution < 1.29 is 9.59 Å². The minimum Gasteiger partial charge on any atom is -0.311 e. The van der Waals surface area contributed by atoms with Gasteiger partial charge < -0.3 is 5.32 Å². The van der Waals surface area contributed by atoms with Gasteiger partial charge >= 0.3 is 0 Å². The van der Waals surface area contributed by atoms with Crippen molar-refractivity contribution in [1.82, 2.24) is 9.78 Å². The molecule has 1 aromatic carbocycles. The highest BCUT2D eigenvalue weighted by Gasteiger charge is 2.11. The first-order valence-corrected chi connectivity index (χ1v) is 7.87. The smallest absolute Gasteiger partial charge is 0.225 e. The number of Topliss-reactive ketones (excluding diaryl/α,β-unsaturated/α-hetero) is 1. The molecule has 5 heteroatoms. The molecule has 2 rings (SSSR count). The molecular weight excluding hydrogens is 290 g/mol. The summed E-state index contributed by atoms with van der Waals surface area (Å²) >= 11 is 0. The number of benzene rings is 1. The Balaban J connectivity index is 1.87. The van der Waals surface area contributed by atoms with E-state index in [-0.39, 0.29) is 24.5 Å². The summed E-state index contributed by atoms with van der Waals surface area (Å²) in [4.78, 5) is 24.1. The van der Waals surface area contributed by atoms with Gasteiger partial charge in [-0.1, -0.05) is 43.7 Å². The normalized spacial score (nSPS) is 10.8. The first-order chi connectivity index (χ1) is 11.0. The molecule has 0 radical (unpaired) electrons. The number of nitrogens with zero attached hydrogens (tertiary/aromatic N) is 2. The highest BCUT2D eigenvalue weighted by molar-refractivity contribution is 5.99. The van der Waals surface area contributed by atoms with E-state index in [1.807, 2.05) is 19.1 Å². The summed E-state index contributed by atoms with van der Waals surface area (Å²) in [6.45, 7) is 6.90. The van der Waals surface area contributed by atoms with Crippen LogP contribution in [0.5, 0.6) is 0 Å². The highest BCUT2D eigenvalue weighted by Crippen LogP contribution is 2.11. The van der Waals surface area contributed by atoms with E-state index >= 15 is 0 Å². The van der Waals surface area contributed by atoms with Gasteiger partial charge in [0.1, 0.15) is 5.82 Å². The predicted octanol–water partition coefficient (Wildman–Crippen LogP) is 3.45. The van der Waals surface area contributed by atoms with Crippen LogP contribution < -0.4 is 5.32 Å². The van der Waals surface area contributed by atoms with Crippen LogP contribution in [0, 0.1) is 12.8 Å². The Kier molecular flexibility index (Phi) is 5.68. The number of carbonyl (C=O) groups is 2.